The topological polar surface area (TPSA) is 92.0 Å². The Kier molecular flexibility index (Phi) is 5.68. The first-order valence-corrected chi connectivity index (χ1v) is 12.6. The van der Waals surface area contributed by atoms with E-state index < -0.39 is 29.0 Å². The Balaban J connectivity index is 1.67. The number of ketones is 2. The normalized spacial score (nSPS) is 40.2. The molecule has 2 saturated carbocycles. The average Bonchev–Trinajstić information content (AvgIpc) is 3.36. The Morgan fingerprint density at radius 3 is 2.49 bits per heavy atom. The molecule has 35 heavy (non-hydrogen) atoms. The number of fused-ring (bicyclic) bond motifs is 5. The van der Waals surface area contributed by atoms with Crippen LogP contribution in [0.25, 0.3) is 0 Å². The second-order valence-electron chi connectivity index (χ2n) is 11.8. The Morgan fingerprint density at radius 2 is 1.86 bits per heavy atom. The maximum absolute atomic E-state index is 13.9. The van der Waals surface area contributed by atoms with Crippen LogP contribution in [0.5, 0.6) is 0 Å². The minimum absolute atomic E-state index is 0.00424. The van der Waals surface area contributed by atoms with Crippen LogP contribution in [0.3, 0.4) is 0 Å². The van der Waals surface area contributed by atoms with Crippen molar-refractivity contribution in [3.05, 3.63) is 35.3 Å². The molecule has 3 fully saturated rings. The van der Waals surface area contributed by atoms with Crippen LogP contribution in [0.1, 0.15) is 71.5 Å². The Morgan fingerprint density at radius 1 is 1.11 bits per heavy atom. The van der Waals surface area contributed by atoms with Crippen molar-refractivity contribution in [2.24, 2.45) is 34.0 Å². The van der Waals surface area contributed by atoms with Crippen LogP contribution in [-0.4, -0.2) is 38.0 Å². The maximum Gasteiger partial charge on any atom is 0.305 e. The van der Waals surface area contributed by atoms with Gasteiger partial charge in [0, 0.05) is 35.3 Å². The highest BCUT2D eigenvalue weighted by Crippen LogP contribution is 2.67. The molecule has 7 nitrogen and oxygen atoms in total. The van der Waals surface area contributed by atoms with Crippen LogP contribution in [0.2, 0.25) is 0 Å². The SMILES string of the molecule is COC(=O)C[C@H]1C(C)(C)C(=O)[C@H]2CC3=C4CC(OC)O[C@@H](c5ccoc5)[C@]4(C)CCC3[C@@]1(C)C2=O. The molecule has 190 valence electrons. The molecule has 1 aromatic rings. The zero-order valence-electron chi connectivity index (χ0n) is 21.5. The molecular formula is C28H36O7. The number of rotatable bonds is 4. The Hall–Kier alpha value is -2.25. The van der Waals surface area contributed by atoms with Gasteiger partial charge >= 0.3 is 5.97 Å². The molecule has 4 aliphatic rings. The van der Waals surface area contributed by atoms with E-state index in [-0.39, 0.29) is 41.4 Å². The smallest absolute Gasteiger partial charge is 0.305 e. The molecule has 0 amide bonds. The number of furan rings is 1. The van der Waals surface area contributed by atoms with E-state index in [1.807, 2.05) is 26.8 Å². The highest BCUT2D eigenvalue weighted by atomic mass is 16.7. The lowest BCUT2D eigenvalue weighted by Crippen LogP contribution is -2.64. The number of hydrogen-bond acceptors (Lipinski definition) is 7. The summed E-state index contributed by atoms with van der Waals surface area (Å²) < 4.78 is 22.5. The number of methoxy groups -OCH3 is 2. The molecule has 0 radical (unpaired) electrons. The van der Waals surface area contributed by atoms with E-state index in [1.165, 1.54) is 18.3 Å². The predicted octanol–water partition coefficient (Wildman–Crippen LogP) is 4.81. The summed E-state index contributed by atoms with van der Waals surface area (Å²) in [6, 6.07) is 1.93. The molecule has 7 heteroatoms. The number of carbonyl (C=O) groups excluding carboxylic acids is 3. The quantitative estimate of drug-likeness (QED) is 0.344. The van der Waals surface area contributed by atoms with Crippen LogP contribution in [0.15, 0.2) is 34.2 Å². The van der Waals surface area contributed by atoms with E-state index >= 15 is 0 Å². The molecule has 1 aliphatic heterocycles. The van der Waals surface area contributed by atoms with Crippen LogP contribution in [0.4, 0.5) is 0 Å². The molecule has 5 rings (SSSR count). The lowest BCUT2D eigenvalue weighted by atomic mass is 9.41. The first-order valence-electron chi connectivity index (χ1n) is 12.6. The molecule has 2 unspecified atom stereocenters. The van der Waals surface area contributed by atoms with Crippen molar-refractivity contribution in [2.75, 3.05) is 14.2 Å². The second kappa shape index (κ2) is 8.13. The third-order valence-corrected chi connectivity index (χ3v) is 9.94. The fraction of sp³-hybridized carbons (Fsp3) is 0.679. The zero-order chi connectivity index (χ0) is 25.3. The molecule has 0 N–H and O–H groups in total. The summed E-state index contributed by atoms with van der Waals surface area (Å²) in [7, 11) is 3.00. The van der Waals surface area contributed by atoms with Crippen molar-refractivity contribution in [2.45, 2.75) is 72.2 Å². The van der Waals surface area contributed by atoms with Crippen molar-refractivity contribution in [3.63, 3.8) is 0 Å². The summed E-state index contributed by atoms with van der Waals surface area (Å²) in [5.41, 5.74) is 1.50. The Bertz CT molecular complexity index is 1080. The average molecular weight is 485 g/mol. The van der Waals surface area contributed by atoms with E-state index in [1.54, 1.807) is 19.6 Å². The summed E-state index contributed by atoms with van der Waals surface area (Å²) in [4.78, 5) is 40.1. The van der Waals surface area contributed by atoms with Gasteiger partial charge in [-0.1, -0.05) is 38.8 Å². The largest absolute Gasteiger partial charge is 0.472 e. The number of hydrogen-bond donors (Lipinski definition) is 0. The number of allylic oxidation sites excluding steroid dienone is 1. The summed E-state index contributed by atoms with van der Waals surface area (Å²) >= 11 is 0. The third kappa shape index (κ3) is 3.27. The highest BCUT2D eigenvalue weighted by molar-refractivity contribution is 6.11. The van der Waals surface area contributed by atoms with E-state index in [9.17, 15) is 14.4 Å². The second-order valence-corrected chi connectivity index (χ2v) is 11.8. The molecule has 7 atom stereocenters. The van der Waals surface area contributed by atoms with E-state index in [0.29, 0.717) is 12.8 Å². The van der Waals surface area contributed by atoms with Gasteiger partial charge in [0.25, 0.3) is 0 Å². The summed E-state index contributed by atoms with van der Waals surface area (Å²) in [5.74, 6) is -1.58. The summed E-state index contributed by atoms with van der Waals surface area (Å²) in [5, 5.41) is 0. The van der Waals surface area contributed by atoms with Gasteiger partial charge in [0.2, 0.25) is 0 Å². The first kappa shape index (κ1) is 24.4. The van der Waals surface area contributed by atoms with Gasteiger partial charge in [-0.05, 0) is 37.2 Å². The van der Waals surface area contributed by atoms with Gasteiger partial charge in [-0.15, -0.1) is 0 Å². The van der Waals surface area contributed by atoms with Gasteiger partial charge in [0.1, 0.15) is 11.6 Å². The van der Waals surface area contributed by atoms with Crippen molar-refractivity contribution in [1.29, 1.82) is 0 Å². The van der Waals surface area contributed by atoms with E-state index in [2.05, 4.69) is 6.92 Å². The summed E-state index contributed by atoms with van der Waals surface area (Å²) in [6.07, 6.45) is 5.44. The molecule has 0 aromatic carbocycles. The number of esters is 1. The summed E-state index contributed by atoms with van der Waals surface area (Å²) in [6.45, 7) is 8.02. The molecule has 1 saturated heterocycles. The van der Waals surface area contributed by atoms with Crippen LogP contribution in [-0.2, 0) is 28.6 Å². The van der Waals surface area contributed by atoms with Gasteiger partial charge in [0.15, 0.2) is 6.29 Å². The predicted molar refractivity (Wildman–Crippen MR) is 126 cm³/mol. The lowest BCUT2D eigenvalue weighted by Gasteiger charge is -2.61. The van der Waals surface area contributed by atoms with Crippen molar-refractivity contribution < 1.29 is 33.0 Å². The number of carbonyl (C=O) groups is 3. The van der Waals surface area contributed by atoms with Gasteiger partial charge < -0.3 is 18.6 Å². The standard InChI is InChI=1S/C28H36O7/c1-26(2)20(13-21(29)32-5)28(4)18-7-9-27(3)19(16(18)11-17(23(26)30)24(28)31)12-22(33-6)35-25(27)15-8-10-34-14-15/h8,10,14,17-18,20,22,25H,7,9,11-13H2,1-6H3/t17-,18?,20+,22?,25+,27-,28-/m1/s1. The lowest BCUT2D eigenvalue weighted by molar-refractivity contribution is -0.209. The minimum atomic E-state index is -0.815. The van der Waals surface area contributed by atoms with Crippen molar-refractivity contribution in [3.8, 4) is 0 Å². The highest BCUT2D eigenvalue weighted by Gasteiger charge is 2.67. The van der Waals surface area contributed by atoms with E-state index in [4.69, 9.17) is 18.6 Å². The third-order valence-electron chi connectivity index (χ3n) is 9.94. The fourth-order valence-corrected chi connectivity index (χ4v) is 8.03. The van der Waals surface area contributed by atoms with Gasteiger partial charge in [-0.25, -0.2) is 0 Å². The number of ether oxygens (including phenoxy) is 3. The minimum Gasteiger partial charge on any atom is -0.472 e. The molecular weight excluding hydrogens is 448 g/mol. The van der Waals surface area contributed by atoms with Gasteiger partial charge in [-0.3, -0.25) is 14.4 Å². The molecule has 2 bridgehead atoms. The van der Waals surface area contributed by atoms with Crippen LogP contribution < -0.4 is 0 Å². The molecule has 3 aliphatic carbocycles. The Labute approximate surface area is 206 Å². The van der Waals surface area contributed by atoms with Crippen LogP contribution >= 0.6 is 0 Å². The van der Waals surface area contributed by atoms with E-state index in [0.717, 1.165) is 18.4 Å². The molecule has 2 heterocycles. The fourth-order valence-electron chi connectivity index (χ4n) is 8.03. The number of Topliss-reactive ketones (excluding diaryl/α,β-unsaturated/α-hetero) is 2. The maximum atomic E-state index is 13.9. The van der Waals surface area contributed by atoms with Gasteiger partial charge in [-0.2, -0.15) is 0 Å². The van der Waals surface area contributed by atoms with Gasteiger partial charge in [0.05, 0.1) is 38.1 Å². The first-order chi connectivity index (χ1) is 16.5. The molecule has 0 spiro atoms. The molecule has 1 aromatic heterocycles. The monoisotopic (exact) mass is 484 g/mol. The van der Waals surface area contributed by atoms with Crippen LogP contribution in [0, 0.1) is 34.0 Å². The van der Waals surface area contributed by atoms with Crippen molar-refractivity contribution >= 4 is 17.5 Å². The van der Waals surface area contributed by atoms with Crippen molar-refractivity contribution in [1.82, 2.24) is 0 Å². The zero-order valence-corrected chi connectivity index (χ0v) is 21.5.